The first-order valence-corrected chi connectivity index (χ1v) is 6.51. The van der Waals surface area contributed by atoms with E-state index in [2.05, 4.69) is 12.1 Å². The fraction of sp³-hybridized carbons (Fsp3) is 0.188. The van der Waals surface area contributed by atoms with Crippen LogP contribution >= 0.6 is 11.6 Å². The summed E-state index contributed by atoms with van der Waals surface area (Å²) in [4.78, 5) is 11.2. The van der Waals surface area contributed by atoms with Gasteiger partial charge in [0.1, 0.15) is 6.29 Å². The number of benzene rings is 2. The van der Waals surface area contributed by atoms with Crippen molar-refractivity contribution in [1.29, 1.82) is 0 Å². The Morgan fingerprint density at radius 1 is 1.11 bits per heavy atom. The second-order valence-corrected chi connectivity index (χ2v) is 5.12. The van der Waals surface area contributed by atoms with Crippen LogP contribution in [0.15, 0.2) is 42.5 Å². The highest BCUT2D eigenvalue weighted by atomic mass is 35.5. The average molecular weight is 257 g/mol. The summed E-state index contributed by atoms with van der Waals surface area (Å²) in [5.41, 5.74) is 3.97. The Hall–Kier alpha value is -1.60. The maximum atomic E-state index is 11.2. The van der Waals surface area contributed by atoms with Gasteiger partial charge >= 0.3 is 0 Å². The molecule has 1 aliphatic rings. The van der Waals surface area contributed by atoms with Gasteiger partial charge in [-0.15, -0.1) is 0 Å². The molecule has 1 fully saturated rings. The van der Waals surface area contributed by atoms with Crippen LogP contribution in [-0.4, -0.2) is 6.29 Å². The van der Waals surface area contributed by atoms with Crippen LogP contribution in [0.5, 0.6) is 0 Å². The molecular formula is C16H13ClO. The fourth-order valence-electron chi connectivity index (χ4n) is 2.31. The molecule has 3 rings (SSSR count). The van der Waals surface area contributed by atoms with Crippen LogP contribution in [0.3, 0.4) is 0 Å². The quantitative estimate of drug-likeness (QED) is 0.728. The van der Waals surface area contributed by atoms with Crippen LogP contribution in [0.1, 0.15) is 34.7 Å². The van der Waals surface area contributed by atoms with Gasteiger partial charge in [0.25, 0.3) is 0 Å². The third kappa shape index (κ3) is 2.06. The summed E-state index contributed by atoms with van der Waals surface area (Å²) < 4.78 is 0. The Labute approximate surface area is 111 Å². The van der Waals surface area contributed by atoms with E-state index in [0.29, 0.717) is 10.9 Å². The molecule has 0 bridgehead atoms. The van der Waals surface area contributed by atoms with Crippen LogP contribution in [0.25, 0.3) is 11.1 Å². The molecule has 1 aliphatic carbocycles. The number of halogens is 1. The highest BCUT2D eigenvalue weighted by molar-refractivity contribution is 6.33. The topological polar surface area (TPSA) is 17.1 Å². The number of carbonyl (C=O) groups is 1. The van der Waals surface area contributed by atoms with E-state index in [-0.39, 0.29) is 0 Å². The third-order valence-corrected chi connectivity index (χ3v) is 3.75. The number of hydrogen-bond donors (Lipinski definition) is 0. The van der Waals surface area contributed by atoms with E-state index in [1.165, 1.54) is 18.4 Å². The number of hydrogen-bond acceptors (Lipinski definition) is 1. The van der Waals surface area contributed by atoms with Gasteiger partial charge in [0.15, 0.2) is 0 Å². The van der Waals surface area contributed by atoms with E-state index in [1.807, 2.05) is 30.3 Å². The van der Waals surface area contributed by atoms with Crippen molar-refractivity contribution in [2.75, 3.05) is 0 Å². The molecule has 2 heteroatoms. The van der Waals surface area contributed by atoms with Crippen LogP contribution < -0.4 is 0 Å². The Bertz CT molecular complexity index is 600. The molecule has 0 amide bonds. The minimum Gasteiger partial charge on any atom is -0.298 e. The minimum absolute atomic E-state index is 0.588. The molecule has 1 nitrogen and oxygen atoms in total. The Morgan fingerprint density at radius 3 is 2.56 bits per heavy atom. The summed E-state index contributed by atoms with van der Waals surface area (Å²) in [6, 6.07) is 13.8. The third-order valence-electron chi connectivity index (χ3n) is 3.42. The lowest BCUT2D eigenvalue weighted by atomic mass is 9.97. The first-order chi connectivity index (χ1) is 8.79. The number of rotatable bonds is 3. The van der Waals surface area contributed by atoms with Crippen LogP contribution in [0.4, 0.5) is 0 Å². The van der Waals surface area contributed by atoms with Gasteiger partial charge in [-0.2, -0.15) is 0 Å². The SMILES string of the molecule is O=Cc1cc(-c2ccccc2Cl)ccc1C1CC1. The first kappa shape index (κ1) is 11.5. The number of carbonyl (C=O) groups excluding carboxylic acids is 1. The molecule has 2 aromatic carbocycles. The molecule has 0 heterocycles. The van der Waals surface area contributed by atoms with Gasteiger partial charge in [-0.05, 0) is 42.0 Å². The Kier molecular flexibility index (Phi) is 2.92. The average Bonchev–Trinajstić information content (AvgIpc) is 3.23. The zero-order valence-electron chi connectivity index (χ0n) is 9.90. The van der Waals surface area contributed by atoms with Crippen molar-refractivity contribution in [3.63, 3.8) is 0 Å². The van der Waals surface area contributed by atoms with Gasteiger partial charge < -0.3 is 0 Å². The normalized spacial score (nSPS) is 14.5. The maximum Gasteiger partial charge on any atom is 0.150 e. The van der Waals surface area contributed by atoms with Gasteiger partial charge in [0.2, 0.25) is 0 Å². The highest BCUT2D eigenvalue weighted by Gasteiger charge is 2.26. The van der Waals surface area contributed by atoms with Crippen LogP contribution in [-0.2, 0) is 0 Å². The maximum absolute atomic E-state index is 11.2. The Morgan fingerprint density at radius 2 is 1.89 bits per heavy atom. The molecular weight excluding hydrogens is 244 g/mol. The smallest absolute Gasteiger partial charge is 0.150 e. The van der Waals surface area contributed by atoms with Crippen molar-refractivity contribution < 1.29 is 4.79 Å². The van der Waals surface area contributed by atoms with Crippen LogP contribution in [0, 0.1) is 0 Å². The molecule has 0 aliphatic heterocycles. The Balaban J connectivity index is 2.08. The summed E-state index contributed by atoms with van der Waals surface area (Å²) in [5.74, 6) is 0.588. The summed E-state index contributed by atoms with van der Waals surface area (Å²) in [6.07, 6.45) is 3.35. The molecule has 0 N–H and O–H groups in total. The van der Waals surface area contributed by atoms with Gasteiger partial charge in [0, 0.05) is 16.1 Å². The zero-order chi connectivity index (χ0) is 12.5. The predicted molar refractivity (Wildman–Crippen MR) is 74.3 cm³/mol. The second-order valence-electron chi connectivity index (χ2n) is 4.72. The molecule has 0 aromatic heterocycles. The predicted octanol–water partition coefficient (Wildman–Crippen LogP) is 4.70. The molecule has 0 spiro atoms. The first-order valence-electron chi connectivity index (χ1n) is 6.13. The van der Waals surface area contributed by atoms with Crippen molar-refractivity contribution in [2.24, 2.45) is 0 Å². The fourth-order valence-corrected chi connectivity index (χ4v) is 2.55. The molecule has 0 unspecified atom stereocenters. The van der Waals surface area contributed by atoms with Gasteiger partial charge in [-0.1, -0.05) is 41.9 Å². The van der Waals surface area contributed by atoms with Crippen molar-refractivity contribution in [3.8, 4) is 11.1 Å². The van der Waals surface area contributed by atoms with E-state index in [9.17, 15) is 4.79 Å². The highest BCUT2D eigenvalue weighted by Crippen LogP contribution is 2.42. The van der Waals surface area contributed by atoms with Gasteiger partial charge in [-0.3, -0.25) is 4.79 Å². The van der Waals surface area contributed by atoms with E-state index >= 15 is 0 Å². The molecule has 90 valence electrons. The summed E-state index contributed by atoms with van der Waals surface area (Å²) in [7, 11) is 0. The molecule has 0 saturated heterocycles. The standard InChI is InChI=1S/C16H13ClO/c17-16-4-2-1-3-15(16)12-7-8-14(11-5-6-11)13(9-12)10-18/h1-4,7-11H,5-6H2. The van der Waals surface area contributed by atoms with E-state index in [4.69, 9.17) is 11.6 Å². The molecule has 1 saturated carbocycles. The van der Waals surface area contributed by atoms with E-state index in [1.54, 1.807) is 0 Å². The van der Waals surface area contributed by atoms with Crippen molar-refractivity contribution in [3.05, 3.63) is 58.6 Å². The molecule has 0 atom stereocenters. The lowest BCUT2D eigenvalue weighted by Gasteiger charge is -2.08. The van der Waals surface area contributed by atoms with Crippen molar-refractivity contribution >= 4 is 17.9 Å². The lowest BCUT2D eigenvalue weighted by Crippen LogP contribution is -1.91. The van der Waals surface area contributed by atoms with Gasteiger partial charge in [0.05, 0.1) is 0 Å². The largest absolute Gasteiger partial charge is 0.298 e. The minimum atomic E-state index is 0.588. The van der Waals surface area contributed by atoms with E-state index in [0.717, 1.165) is 23.0 Å². The van der Waals surface area contributed by atoms with Gasteiger partial charge in [-0.25, -0.2) is 0 Å². The monoisotopic (exact) mass is 256 g/mol. The zero-order valence-corrected chi connectivity index (χ0v) is 10.7. The van der Waals surface area contributed by atoms with Crippen molar-refractivity contribution in [2.45, 2.75) is 18.8 Å². The summed E-state index contributed by atoms with van der Waals surface area (Å²) in [6.45, 7) is 0. The molecule has 2 aromatic rings. The second kappa shape index (κ2) is 4.58. The molecule has 0 radical (unpaired) electrons. The van der Waals surface area contributed by atoms with E-state index < -0.39 is 0 Å². The van der Waals surface area contributed by atoms with Crippen LogP contribution in [0.2, 0.25) is 5.02 Å². The van der Waals surface area contributed by atoms with Crippen molar-refractivity contribution in [1.82, 2.24) is 0 Å². The summed E-state index contributed by atoms with van der Waals surface area (Å²) >= 11 is 6.18. The summed E-state index contributed by atoms with van der Waals surface area (Å²) in [5, 5.41) is 0.716. The molecule has 18 heavy (non-hydrogen) atoms. The lowest BCUT2D eigenvalue weighted by molar-refractivity contribution is 0.112. The number of aldehydes is 1.